The molecule has 90 valence electrons. The molecule has 7 heteroatoms. The van der Waals surface area contributed by atoms with E-state index >= 15 is 0 Å². The highest BCUT2D eigenvalue weighted by Crippen LogP contribution is 2.24. The standard InChI is InChI=1S/C10H9BrFN3O2/c11-6-3-5(1-2-7(6)12)9-14-10(17-15-9)8(16)4-13/h1-3,8,16H,4,13H2/t8-/m0/s1. The van der Waals surface area contributed by atoms with E-state index in [-0.39, 0.29) is 24.1 Å². The molecule has 0 unspecified atom stereocenters. The molecule has 17 heavy (non-hydrogen) atoms. The van der Waals surface area contributed by atoms with Crippen molar-refractivity contribution in [1.29, 1.82) is 0 Å². The van der Waals surface area contributed by atoms with E-state index in [0.717, 1.165) is 0 Å². The van der Waals surface area contributed by atoms with Crippen molar-refractivity contribution in [2.75, 3.05) is 6.54 Å². The largest absolute Gasteiger partial charge is 0.382 e. The number of aromatic nitrogens is 2. The fourth-order valence-corrected chi connectivity index (χ4v) is 1.60. The number of hydrogen-bond donors (Lipinski definition) is 2. The number of rotatable bonds is 3. The van der Waals surface area contributed by atoms with Crippen molar-refractivity contribution in [3.05, 3.63) is 34.4 Å². The summed E-state index contributed by atoms with van der Waals surface area (Å²) in [5.41, 5.74) is 5.84. The lowest BCUT2D eigenvalue weighted by Gasteiger charge is -1.98. The Morgan fingerprint density at radius 3 is 2.94 bits per heavy atom. The van der Waals surface area contributed by atoms with Crippen molar-refractivity contribution < 1.29 is 14.0 Å². The first-order valence-corrected chi connectivity index (χ1v) is 5.58. The molecule has 1 aromatic carbocycles. The number of nitrogens with two attached hydrogens (primary N) is 1. The van der Waals surface area contributed by atoms with Gasteiger partial charge in [-0.1, -0.05) is 5.16 Å². The van der Waals surface area contributed by atoms with E-state index in [2.05, 4.69) is 26.1 Å². The minimum Gasteiger partial charge on any atom is -0.382 e. The van der Waals surface area contributed by atoms with Gasteiger partial charge in [0.05, 0.1) is 4.47 Å². The molecule has 0 saturated heterocycles. The van der Waals surface area contributed by atoms with Crippen LogP contribution in [0.3, 0.4) is 0 Å². The number of aliphatic hydroxyl groups excluding tert-OH is 1. The second-order valence-electron chi connectivity index (χ2n) is 3.34. The number of nitrogens with zero attached hydrogens (tertiary/aromatic N) is 2. The third-order valence-electron chi connectivity index (χ3n) is 2.13. The van der Waals surface area contributed by atoms with Crippen LogP contribution < -0.4 is 5.73 Å². The Morgan fingerprint density at radius 2 is 2.29 bits per heavy atom. The second-order valence-corrected chi connectivity index (χ2v) is 4.19. The van der Waals surface area contributed by atoms with Crippen molar-refractivity contribution in [2.24, 2.45) is 5.73 Å². The predicted octanol–water partition coefficient (Wildman–Crippen LogP) is 1.63. The average molecular weight is 302 g/mol. The fraction of sp³-hybridized carbons (Fsp3) is 0.200. The van der Waals surface area contributed by atoms with Crippen LogP contribution in [0.1, 0.15) is 12.0 Å². The lowest BCUT2D eigenvalue weighted by molar-refractivity contribution is 0.141. The van der Waals surface area contributed by atoms with Crippen molar-refractivity contribution >= 4 is 15.9 Å². The van der Waals surface area contributed by atoms with Crippen molar-refractivity contribution in [3.8, 4) is 11.4 Å². The summed E-state index contributed by atoms with van der Waals surface area (Å²) in [4.78, 5) is 3.97. The highest BCUT2D eigenvalue weighted by Gasteiger charge is 2.15. The molecule has 1 aromatic heterocycles. The summed E-state index contributed by atoms with van der Waals surface area (Å²) >= 11 is 3.06. The van der Waals surface area contributed by atoms with E-state index < -0.39 is 6.10 Å². The van der Waals surface area contributed by atoms with Crippen LogP contribution in [-0.2, 0) is 0 Å². The van der Waals surface area contributed by atoms with Crippen LogP contribution in [0.15, 0.2) is 27.2 Å². The maximum absolute atomic E-state index is 13.0. The number of aliphatic hydroxyl groups is 1. The molecule has 1 atom stereocenters. The normalized spacial score (nSPS) is 12.7. The first kappa shape index (κ1) is 12.2. The van der Waals surface area contributed by atoms with E-state index in [4.69, 9.17) is 10.3 Å². The van der Waals surface area contributed by atoms with Crippen LogP contribution in [0.5, 0.6) is 0 Å². The highest BCUT2D eigenvalue weighted by atomic mass is 79.9. The second kappa shape index (κ2) is 4.91. The Hall–Kier alpha value is -1.31. The van der Waals surface area contributed by atoms with E-state index in [1.165, 1.54) is 18.2 Å². The van der Waals surface area contributed by atoms with Crippen molar-refractivity contribution in [3.63, 3.8) is 0 Å². The molecule has 0 radical (unpaired) electrons. The Bertz CT molecular complexity index is 532. The zero-order valence-electron chi connectivity index (χ0n) is 8.60. The summed E-state index contributed by atoms with van der Waals surface area (Å²) in [6.45, 7) is -0.00521. The third kappa shape index (κ3) is 2.51. The van der Waals surface area contributed by atoms with Gasteiger partial charge < -0.3 is 15.4 Å². The van der Waals surface area contributed by atoms with Gasteiger partial charge in [-0.15, -0.1) is 0 Å². The molecule has 0 aliphatic rings. The van der Waals surface area contributed by atoms with Gasteiger partial charge in [-0.05, 0) is 34.1 Å². The van der Waals surface area contributed by atoms with Gasteiger partial charge in [-0.3, -0.25) is 0 Å². The molecule has 2 rings (SSSR count). The predicted molar refractivity (Wildman–Crippen MR) is 61.4 cm³/mol. The van der Waals surface area contributed by atoms with Crippen molar-refractivity contribution in [1.82, 2.24) is 10.1 Å². The van der Waals surface area contributed by atoms with E-state index in [0.29, 0.717) is 10.0 Å². The number of benzene rings is 1. The molecule has 0 fully saturated rings. The fourth-order valence-electron chi connectivity index (χ4n) is 1.22. The zero-order valence-corrected chi connectivity index (χ0v) is 10.2. The first-order chi connectivity index (χ1) is 8.11. The van der Waals surface area contributed by atoms with Gasteiger partial charge in [-0.2, -0.15) is 4.98 Å². The van der Waals surface area contributed by atoms with E-state index in [1.807, 2.05) is 0 Å². The van der Waals surface area contributed by atoms with Gasteiger partial charge in [0, 0.05) is 12.1 Å². The maximum Gasteiger partial charge on any atom is 0.257 e. The molecule has 0 bridgehead atoms. The minimum absolute atomic E-state index is 0.00521. The zero-order chi connectivity index (χ0) is 12.4. The lowest BCUT2D eigenvalue weighted by atomic mass is 10.2. The van der Waals surface area contributed by atoms with Crippen LogP contribution >= 0.6 is 15.9 Å². The van der Waals surface area contributed by atoms with Crippen LogP contribution in [0.4, 0.5) is 4.39 Å². The molecule has 0 spiro atoms. The van der Waals surface area contributed by atoms with Gasteiger partial charge in [0.15, 0.2) is 0 Å². The molecule has 3 N–H and O–H groups in total. The summed E-state index contributed by atoms with van der Waals surface area (Å²) < 4.78 is 18.2. The summed E-state index contributed by atoms with van der Waals surface area (Å²) in [5.74, 6) is -0.0596. The summed E-state index contributed by atoms with van der Waals surface area (Å²) in [7, 11) is 0. The van der Waals surface area contributed by atoms with Crippen molar-refractivity contribution in [2.45, 2.75) is 6.10 Å². The van der Waals surface area contributed by atoms with Crippen LogP contribution in [0.25, 0.3) is 11.4 Å². The molecular weight excluding hydrogens is 293 g/mol. The van der Waals surface area contributed by atoms with Gasteiger partial charge in [0.1, 0.15) is 11.9 Å². The highest BCUT2D eigenvalue weighted by molar-refractivity contribution is 9.10. The van der Waals surface area contributed by atoms with Crippen LogP contribution in [-0.4, -0.2) is 21.8 Å². The molecular formula is C10H9BrFN3O2. The molecule has 2 aromatic rings. The number of hydrogen-bond acceptors (Lipinski definition) is 5. The SMILES string of the molecule is NC[C@H](O)c1nc(-c2ccc(F)c(Br)c2)no1. The van der Waals surface area contributed by atoms with Gasteiger partial charge in [0.25, 0.3) is 5.89 Å². The quantitative estimate of drug-likeness (QED) is 0.900. The summed E-state index contributed by atoms with van der Waals surface area (Å²) in [6.07, 6.45) is -0.986. The average Bonchev–Trinajstić information content (AvgIpc) is 2.81. The molecule has 5 nitrogen and oxygen atoms in total. The van der Waals surface area contributed by atoms with Gasteiger partial charge in [-0.25, -0.2) is 4.39 Å². The van der Waals surface area contributed by atoms with Gasteiger partial charge >= 0.3 is 0 Å². The number of halogens is 2. The molecule has 0 saturated carbocycles. The minimum atomic E-state index is -0.986. The molecule has 1 heterocycles. The van der Waals surface area contributed by atoms with Crippen LogP contribution in [0.2, 0.25) is 0 Å². The Kier molecular flexibility index (Phi) is 3.51. The monoisotopic (exact) mass is 301 g/mol. The molecule has 0 aliphatic carbocycles. The van der Waals surface area contributed by atoms with Gasteiger partial charge in [0.2, 0.25) is 5.82 Å². The van der Waals surface area contributed by atoms with E-state index in [1.54, 1.807) is 0 Å². The summed E-state index contributed by atoms with van der Waals surface area (Å²) in [6, 6.07) is 4.33. The van der Waals surface area contributed by atoms with Crippen LogP contribution in [0, 0.1) is 5.82 Å². The molecule has 0 amide bonds. The summed E-state index contributed by atoms with van der Waals surface area (Å²) in [5, 5.41) is 13.1. The van der Waals surface area contributed by atoms with E-state index in [9.17, 15) is 9.50 Å². The maximum atomic E-state index is 13.0. The topological polar surface area (TPSA) is 85.2 Å². The Balaban J connectivity index is 2.33. The third-order valence-corrected chi connectivity index (χ3v) is 2.74. The lowest BCUT2D eigenvalue weighted by Crippen LogP contribution is -2.11. The smallest absolute Gasteiger partial charge is 0.257 e. The Labute approximate surface area is 105 Å². The first-order valence-electron chi connectivity index (χ1n) is 4.79. The molecule has 0 aliphatic heterocycles. The Morgan fingerprint density at radius 1 is 1.53 bits per heavy atom.